The van der Waals surface area contributed by atoms with E-state index in [0.29, 0.717) is 19.4 Å². The largest absolute Gasteiger partial charge is 0.386 e. The molecule has 4 amide bonds. The van der Waals surface area contributed by atoms with Crippen molar-refractivity contribution in [1.82, 2.24) is 25.1 Å². The lowest BCUT2D eigenvalue weighted by atomic mass is 9.91. The molecule has 0 radical (unpaired) electrons. The molecule has 2 aliphatic heterocycles. The fourth-order valence-corrected chi connectivity index (χ4v) is 4.83. The van der Waals surface area contributed by atoms with E-state index in [1.165, 1.54) is 0 Å². The van der Waals surface area contributed by atoms with Gasteiger partial charge in [0.05, 0.1) is 17.7 Å². The summed E-state index contributed by atoms with van der Waals surface area (Å²) >= 11 is 0. The molecule has 2 aliphatic rings. The van der Waals surface area contributed by atoms with Crippen molar-refractivity contribution in [2.75, 3.05) is 38.1 Å². The molecule has 10 heteroatoms. The molecule has 4 heterocycles. The highest BCUT2D eigenvalue weighted by atomic mass is 16.3. The summed E-state index contributed by atoms with van der Waals surface area (Å²) in [6.07, 6.45) is 7.21. The molecule has 2 fully saturated rings. The number of aliphatic hydroxyl groups is 1. The van der Waals surface area contributed by atoms with Crippen molar-refractivity contribution < 1.29 is 19.5 Å². The third kappa shape index (κ3) is 4.82. The minimum absolute atomic E-state index is 0.129. The molecule has 0 spiro atoms. The summed E-state index contributed by atoms with van der Waals surface area (Å²) in [5.41, 5.74) is -0.136. The number of rotatable bonds is 7. The predicted molar refractivity (Wildman–Crippen MR) is 127 cm³/mol. The summed E-state index contributed by atoms with van der Waals surface area (Å²) in [6, 6.07) is 3.37. The third-order valence-electron chi connectivity index (χ3n) is 6.59. The Morgan fingerprint density at radius 2 is 2.06 bits per heavy atom. The van der Waals surface area contributed by atoms with Gasteiger partial charge in [0.25, 0.3) is 5.91 Å². The molecule has 1 atom stereocenters. The van der Waals surface area contributed by atoms with Crippen LogP contribution >= 0.6 is 0 Å². The highest BCUT2D eigenvalue weighted by Gasteiger charge is 2.44. The van der Waals surface area contributed by atoms with Crippen LogP contribution in [0.4, 0.5) is 10.5 Å². The van der Waals surface area contributed by atoms with Crippen LogP contribution in [-0.4, -0.2) is 87.1 Å². The van der Waals surface area contributed by atoms with E-state index in [1.807, 2.05) is 12.1 Å². The van der Waals surface area contributed by atoms with Gasteiger partial charge < -0.3 is 20.2 Å². The number of likely N-dealkylation sites (N-methyl/N-ethyl adjacent to an activating group) is 1. The lowest BCUT2D eigenvalue weighted by Crippen LogP contribution is -2.54. The molecule has 182 valence electrons. The Bertz CT molecular complexity index is 1100. The standard InChI is InChI=1S/C24H32N6O4/c1-23(2)21(32)30(22(33)27-23)13-4-6-20(31)28(3)15-24(34)9-5-12-29(16-24)19-8-11-26-18-7-10-25-14-17(18)19/h7-8,10-11,14,34H,4-6,9,12-13,15-16H2,1-3H3,(H,27,33). The quantitative estimate of drug-likeness (QED) is 0.592. The van der Waals surface area contributed by atoms with Crippen LogP contribution in [0.25, 0.3) is 10.9 Å². The van der Waals surface area contributed by atoms with Gasteiger partial charge in [-0.1, -0.05) is 0 Å². The predicted octanol–water partition coefficient (Wildman–Crippen LogP) is 1.53. The number of fused-ring (bicyclic) bond motifs is 1. The second-order valence-corrected chi connectivity index (χ2v) is 9.84. The Morgan fingerprint density at radius 3 is 2.79 bits per heavy atom. The zero-order valence-corrected chi connectivity index (χ0v) is 20.0. The van der Waals surface area contributed by atoms with Gasteiger partial charge in [-0.2, -0.15) is 0 Å². The average molecular weight is 469 g/mol. The van der Waals surface area contributed by atoms with Crippen molar-refractivity contribution in [2.45, 2.75) is 50.7 Å². The van der Waals surface area contributed by atoms with E-state index in [0.717, 1.165) is 34.5 Å². The first-order valence-electron chi connectivity index (χ1n) is 11.6. The number of piperidine rings is 1. The van der Waals surface area contributed by atoms with Crippen LogP contribution in [0, 0.1) is 0 Å². The van der Waals surface area contributed by atoms with Crippen molar-refractivity contribution in [3.63, 3.8) is 0 Å². The van der Waals surface area contributed by atoms with Gasteiger partial charge in [-0.25, -0.2) is 4.79 Å². The molecule has 2 N–H and O–H groups in total. The number of carbonyl (C=O) groups excluding carboxylic acids is 3. The van der Waals surface area contributed by atoms with Crippen LogP contribution < -0.4 is 10.2 Å². The normalized spacial score (nSPS) is 22.2. The number of nitrogens with zero attached hydrogens (tertiary/aromatic N) is 5. The first-order chi connectivity index (χ1) is 16.1. The maximum absolute atomic E-state index is 12.7. The number of aromatic nitrogens is 2. The number of carbonyl (C=O) groups is 3. The van der Waals surface area contributed by atoms with Crippen LogP contribution in [0.2, 0.25) is 0 Å². The molecule has 0 aromatic carbocycles. The van der Waals surface area contributed by atoms with Crippen LogP contribution in [0.15, 0.2) is 30.7 Å². The number of pyridine rings is 2. The first kappa shape index (κ1) is 23.9. The summed E-state index contributed by atoms with van der Waals surface area (Å²) in [5.74, 6) is -0.413. The fourth-order valence-electron chi connectivity index (χ4n) is 4.83. The number of urea groups is 1. The topological polar surface area (TPSA) is 119 Å². The molecule has 1 unspecified atom stereocenters. The number of hydrogen-bond donors (Lipinski definition) is 2. The van der Waals surface area contributed by atoms with Gasteiger partial charge in [0.2, 0.25) is 5.91 Å². The Balaban J connectivity index is 1.34. The van der Waals surface area contributed by atoms with Crippen molar-refractivity contribution in [1.29, 1.82) is 0 Å². The van der Waals surface area contributed by atoms with E-state index in [1.54, 1.807) is 44.4 Å². The fraction of sp³-hybridized carbons (Fsp3) is 0.542. The Labute approximate surface area is 198 Å². The van der Waals surface area contributed by atoms with E-state index in [4.69, 9.17) is 0 Å². The van der Waals surface area contributed by atoms with Crippen molar-refractivity contribution in [2.24, 2.45) is 0 Å². The smallest absolute Gasteiger partial charge is 0.325 e. The van der Waals surface area contributed by atoms with Crippen LogP contribution in [0.1, 0.15) is 39.5 Å². The number of imide groups is 1. The summed E-state index contributed by atoms with van der Waals surface area (Å²) in [4.78, 5) is 50.5. The maximum Gasteiger partial charge on any atom is 0.325 e. The van der Waals surface area contributed by atoms with Crippen molar-refractivity contribution >= 4 is 34.4 Å². The molecule has 2 aromatic heterocycles. The van der Waals surface area contributed by atoms with E-state index >= 15 is 0 Å². The maximum atomic E-state index is 12.7. The van der Waals surface area contributed by atoms with E-state index in [-0.39, 0.29) is 31.3 Å². The zero-order valence-electron chi connectivity index (χ0n) is 20.0. The van der Waals surface area contributed by atoms with Gasteiger partial charge in [-0.3, -0.25) is 24.5 Å². The number of amides is 4. The minimum atomic E-state index is -1.05. The number of nitrogens with one attached hydrogen (secondary N) is 1. The summed E-state index contributed by atoms with van der Waals surface area (Å²) in [6.45, 7) is 4.91. The van der Waals surface area contributed by atoms with Crippen LogP contribution in [-0.2, 0) is 9.59 Å². The van der Waals surface area contributed by atoms with Gasteiger partial charge in [-0.15, -0.1) is 0 Å². The van der Waals surface area contributed by atoms with Crippen molar-refractivity contribution in [3.05, 3.63) is 30.7 Å². The van der Waals surface area contributed by atoms with E-state index in [2.05, 4.69) is 20.2 Å². The van der Waals surface area contributed by atoms with Gasteiger partial charge in [0.15, 0.2) is 0 Å². The van der Waals surface area contributed by atoms with Gasteiger partial charge in [0.1, 0.15) is 5.54 Å². The molecule has 0 aliphatic carbocycles. The Kier molecular flexibility index (Phi) is 6.44. The molecular weight excluding hydrogens is 436 g/mol. The van der Waals surface area contributed by atoms with Crippen molar-refractivity contribution in [3.8, 4) is 0 Å². The molecule has 0 bridgehead atoms. The second-order valence-electron chi connectivity index (χ2n) is 9.84. The highest BCUT2D eigenvalue weighted by Crippen LogP contribution is 2.31. The van der Waals surface area contributed by atoms with Gasteiger partial charge in [-0.05, 0) is 45.2 Å². The first-order valence-corrected chi connectivity index (χ1v) is 11.6. The van der Waals surface area contributed by atoms with Gasteiger partial charge >= 0.3 is 6.03 Å². The molecule has 2 saturated heterocycles. The number of β-amino-alcohol motifs (C(OH)–C–C–N with tert-alkyl or cyclic N) is 1. The lowest BCUT2D eigenvalue weighted by Gasteiger charge is -2.42. The van der Waals surface area contributed by atoms with Crippen LogP contribution in [0.3, 0.4) is 0 Å². The molecule has 0 saturated carbocycles. The molecular formula is C24H32N6O4. The SMILES string of the molecule is CN(CC1(O)CCCN(c2ccnc3ccncc23)C1)C(=O)CCCN1C(=O)NC(C)(C)C1=O. The highest BCUT2D eigenvalue weighted by molar-refractivity contribution is 6.06. The molecule has 2 aromatic rings. The molecule has 34 heavy (non-hydrogen) atoms. The molecule has 4 rings (SSSR count). The number of hydrogen-bond acceptors (Lipinski definition) is 7. The summed E-state index contributed by atoms with van der Waals surface area (Å²) in [7, 11) is 1.68. The zero-order chi connectivity index (χ0) is 24.5. The monoisotopic (exact) mass is 468 g/mol. The average Bonchev–Trinajstić information content (AvgIpc) is 2.99. The van der Waals surface area contributed by atoms with E-state index in [9.17, 15) is 19.5 Å². The number of anilines is 1. The van der Waals surface area contributed by atoms with Gasteiger partial charge in [0, 0.05) is 62.8 Å². The second kappa shape index (κ2) is 9.17. The summed E-state index contributed by atoms with van der Waals surface area (Å²) in [5, 5.41) is 14.9. The lowest BCUT2D eigenvalue weighted by molar-refractivity contribution is -0.134. The Morgan fingerprint density at radius 1 is 1.26 bits per heavy atom. The van der Waals surface area contributed by atoms with E-state index < -0.39 is 17.2 Å². The Hall–Kier alpha value is -3.27. The minimum Gasteiger partial charge on any atom is -0.386 e. The van der Waals surface area contributed by atoms with Crippen LogP contribution in [0.5, 0.6) is 0 Å². The third-order valence-corrected chi connectivity index (χ3v) is 6.59. The molecule has 10 nitrogen and oxygen atoms in total. The summed E-state index contributed by atoms with van der Waals surface area (Å²) < 4.78 is 0.